The van der Waals surface area contributed by atoms with Crippen LogP contribution in [0.25, 0.3) is 10.4 Å². The van der Waals surface area contributed by atoms with Gasteiger partial charge < -0.3 is 5.32 Å². The van der Waals surface area contributed by atoms with Gasteiger partial charge in [0, 0.05) is 25.8 Å². The fourth-order valence-electron chi connectivity index (χ4n) is 2.39. The molecule has 0 bridgehead atoms. The van der Waals surface area contributed by atoms with Crippen LogP contribution in [0.15, 0.2) is 34.8 Å². The van der Waals surface area contributed by atoms with Crippen LogP contribution in [0.4, 0.5) is 0 Å². The highest BCUT2D eigenvalue weighted by Gasteiger charge is 2.32. The molecule has 1 saturated carbocycles. The Bertz CT molecular complexity index is 592. The summed E-state index contributed by atoms with van der Waals surface area (Å²) in [6.45, 7) is 0. The first-order valence-corrected chi connectivity index (χ1v) is 8.40. The lowest BCUT2D eigenvalue weighted by Gasteiger charge is -2.12. The Balaban J connectivity index is 1.91. The minimum Gasteiger partial charge on any atom is -0.312 e. The molecule has 0 radical (unpaired) electrons. The summed E-state index contributed by atoms with van der Waals surface area (Å²) in [7, 11) is 2.05. The Morgan fingerprint density at radius 2 is 2.11 bits per heavy atom. The Kier molecular flexibility index (Phi) is 3.99. The predicted octanol–water partition coefficient (Wildman–Crippen LogP) is 5.50. The first-order valence-electron chi connectivity index (χ1n) is 6.41. The summed E-state index contributed by atoms with van der Waals surface area (Å²) in [5, 5.41) is 4.24. The van der Waals surface area contributed by atoms with E-state index in [0.29, 0.717) is 6.04 Å². The normalized spacial score (nSPS) is 16.6. The molecule has 0 saturated heterocycles. The third kappa shape index (κ3) is 2.89. The van der Waals surface area contributed by atoms with Gasteiger partial charge in [0.15, 0.2) is 0 Å². The van der Waals surface area contributed by atoms with E-state index in [1.54, 1.807) is 0 Å². The van der Waals surface area contributed by atoms with Crippen molar-refractivity contribution in [1.82, 2.24) is 5.32 Å². The fraction of sp³-hybridized carbons (Fsp3) is 0.333. The maximum atomic E-state index is 6.32. The minimum absolute atomic E-state index is 0.507. The van der Waals surface area contributed by atoms with Crippen molar-refractivity contribution >= 4 is 38.9 Å². The van der Waals surface area contributed by atoms with E-state index in [1.165, 1.54) is 22.6 Å². The fourth-order valence-corrected chi connectivity index (χ4v) is 4.48. The highest BCUT2D eigenvalue weighted by molar-refractivity contribution is 9.10. The Labute approximate surface area is 131 Å². The topological polar surface area (TPSA) is 12.0 Å². The molecular formula is C15H15BrClNS. The maximum absolute atomic E-state index is 6.32. The van der Waals surface area contributed by atoms with Crippen molar-refractivity contribution in [2.75, 3.05) is 7.05 Å². The van der Waals surface area contributed by atoms with Crippen molar-refractivity contribution < 1.29 is 0 Å². The quantitative estimate of drug-likeness (QED) is 0.762. The van der Waals surface area contributed by atoms with Crippen LogP contribution < -0.4 is 5.32 Å². The number of thiophene rings is 1. The lowest BCUT2D eigenvalue weighted by molar-refractivity contribution is 0.537. The van der Waals surface area contributed by atoms with Crippen molar-refractivity contribution in [3.63, 3.8) is 0 Å². The van der Waals surface area contributed by atoms with Gasteiger partial charge in [-0.3, -0.25) is 0 Å². The monoisotopic (exact) mass is 355 g/mol. The molecule has 1 aliphatic rings. The standard InChI is InChI=1S/C15H15BrClNS/c1-18-15(9-2-3-9)14-7-6-13(19-14)11-5-4-10(16)8-12(11)17/h4-9,15,18H,2-3H2,1H3. The first kappa shape index (κ1) is 13.6. The van der Waals surface area contributed by atoms with Crippen molar-refractivity contribution in [3.05, 3.63) is 44.7 Å². The summed E-state index contributed by atoms with van der Waals surface area (Å²) >= 11 is 11.6. The van der Waals surface area contributed by atoms with Crippen molar-refractivity contribution in [3.8, 4) is 10.4 Å². The zero-order chi connectivity index (χ0) is 13.4. The highest BCUT2D eigenvalue weighted by Crippen LogP contribution is 2.44. The molecule has 19 heavy (non-hydrogen) atoms. The summed E-state index contributed by atoms with van der Waals surface area (Å²) in [5.74, 6) is 0.817. The molecule has 3 rings (SSSR count). The molecule has 1 atom stereocenters. The zero-order valence-electron chi connectivity index (χ0n) is 10.6. The third-order valence-corrected chi connectivity index (χ3v) is 5.54. The van der Waals surface area contributed by atoms with E-state index in [2.05, 4.69) is 46.5 Å². The molecule has 0 spiro atoms. The second-order valence-electron chi connectivity index (χ2n) is 4.93. The van der Waals surface area contributed by atoms with Crippen LogP contribution >= 0.6 is 38.9 Å². The maximum Gasteiger partial charge on any atom is 0.0503 e. The van der Waals surface area contributed by atoms with Gasteiger partial charge >= 0.3 is 0 Å². The van der Waals surface area contributed by atoms with E-state index in [-0.39, 0.29) is 0 Å². The Morgan fingerprint density at radius 1 is 1.32 bits per heavy atom. The minimum atomic E-state index is 0.507. The molecule has 100 valence electrons. The molecule has 0 amide bonds. The van der Waals surface area contributed by atoms with Crippen LogP contribution in [-0.4, -0.2) is 7.05 Å². The van der Waals surface area contributed by atoms with E-state index in [4.69, 9.17) is 11.6 Å². The van der Waals surface area contributed by atoms with Gasteiger partial charge in [-0.2, -0.15) is 0 Å². The number of hydrogen-bond donors (Lipinski definition) is 1. The van der Waals surface area contributed by atoms with Gasteiger partial charge in [0.05, 0.1) is 5.02 Å². The largest absolute Gasteiger partial charge is 0.312 e. The average Bonchev–Trinajstić information content (AvgIpc) is 3.09. The predicted molar refractivity (Wildman–Crippen MR) is 87.0 cm³/mol. The van der Waals surface area contributed by atoms with Gasteiger partial charge in [-0.1, -0.05) is 33.6 Å². The van der Waals surface area contributed by atoms with Crippen LogP contribution in [-0.2, 0) is 0 Å². The summed E-state index contributed by atoms with van der Waals surface area (Å²) in [5.41, 5.74) is 1.12. The van der Waals surface area contributed by atoms with Gasteiger partial charge in [-0.25, -0.2) is 0 Å². The molecular weight excluding hydrogens is 342 g/mol. The van der Waals surface area contributed by atoms with Crippen molar-refractivity contribution in [2.24, 2.45) is 5.92 Å². The molecule has 1 aliphatic carbocycles. The van der Waals surface area contributed by atoms with Crippen LogP contribution in [0.1, 0.15) is 23.8 Å². The molecule has 2 aromatic rings. The number of nitrogens with one attached hydrogen (secondary N) is 1. The first-order chi connectivity index (χ1) is 9.19. The summed E-state index contributed by atoms with van der Waals surface area (Å²) in [6, 6.07) is 11.0. The third-order valence-electron chi connectivity index (χ3n) is 3.53. The average molecular weight is 357 g/mol. The van der Waals surface area contributed by atoms with Crippen LogP contribution in [0.3, 0.4) is 0 Å². The highest BCUT2D eigenvalue weighted by atomic mass is 79.9. The number of rotatable bonds is 4. The van der Waals surface area contributed by atoms with Gasteiger partial charge in [0.25, 0.3) is 0 Å². The van der Waals surface area contributed by atoms with Crippen molar-refractivity contribution in [1.29, 1.82) is 0 Å². The molecule has 4 heteroatoms. The lowest BCUT2D eigenvalue weighted by atomic mass is 10.1. The second kappa shape index (κ2) is 5.57. The number of hydrogen-bond acceptors (Lipinski definition) is 2. The second-order valence-corrected chi connectivity index (χ2v) is 7.37. The Hall–Kier alpha value is -0.350. The van der Waals surface area contributed by atoms with Gasteiger partial charge in [0.1, 0.15) is 0 Å². The van der Waals surface area contributed by atoms with Gasteiger partial charge in [-0.05, 0) is 50.1 Å². The summed E-state index contributed by atoms with van der Waals surface area (Å²) in [6.07, 6.45) is 2.69. The number of halogens is 2. The van der Waals surface area contributed by atoms with E-state index < -0.39 is 0 Å². The molecule has 1 N–H and O–H groups in total. The Morgan fingerprint density at radius 3 is 2.74 bits per heavy atom. The molecule has 1 aromatic carbocycles. The number of benzene rings is 1. The summed E-state index contributed by atoms with van der Waals surface area (Å²) in [4.78, 5) is 2.66. The zero-order valence-corrected chi connectivity index (χ0v) is 13.8. The van der Waals surface area contributed by atoms with E-state index in [1.807, 2.05) is 23.5 Å². The summed E-state index contributed by atoms with van der Waals surface area (Å²) < 4.78 is 1.02. The van der Waals surface area contributed by atoms with Crippen LogP contribution in [0, 0.1) is 5.92 Å². The van der Waals surface area contributed by atoms with Gasteiger partial charge in [-0.15, -0.1) is 11.3 Å². The van der Waals surface area contributed by atoms with Crippen molar-refractivity contribution in [2.45, 2.75) is 18.9 Å². The van der Waals surface area contributed by atoms with E-state index in [9.17, 15) is 0 Å². The van der Waals surface area contributed by atoms with Crippen LogP contribution in [0.5, 0.6) is 0 Å². The molecule has 1 aromatic heterocycles. The lowest BCUT2D eigenvalue weighted by Crippen LogP contribution is -2.16. The van der Waals surface area contributed by atoms with E-state index >= 15 is 0 Å². The molecule has 1 nitrogen and oxygen atoms in total. The smallest absolute Gasteiger partial charge is 0.0503 e. The van der Waals surface area contributed by atoms with E-state index in [0.717, 1.165) is 21.0 Å². The molecule has 0 aliphatic heterocycles. The molecule has 1 heterocycles. The van der Waals surface area contributed by atoms with Crippen LogP contribution in [0.2, 0.25) is 5.02 Å². The molecule has 1 unspecified atom stereocenters. The molecule has 1 fully saturated rings. The SMILES string of the molecule is CNC(c1ccc(-c2ccc(Br)cc2Cl)s1)C1CC1. The van der Waals surface area contributed by atoms with Gasteiger partial charge in [0.2, 0.25) is 0 Å².